The van der Waals surface area contributed by atoms with Gasteiger partial charge in [0.1, 0.15) is 17.8 Å². The second-order valence-electron chi connectivity index (χ2n) is 6.35. The molecule has 0 bridgehead atoms. The number of aromatic nitrogens is 4. The number of carboxylic acid groups (broad SMARTS) is 1. The Morgan fingerprint density at radius 1 is 1.06 bits per heavy atom. The molecule has 0 aliphatic rings. The first kappa shape index (κ1) is 23.8. The summed E-state index contributed by atoms with van der Waals surface area (Å²) in [4.78, 5) is 29.3. The molecule has 0 unspecified atom stereocenters. The highest BCUT2D eigenvalue weighted by atomic mass is 35.5. The van der Waals surface area contributed by atoms with Gasteiger partial charge in [0, 0.05) is 23.2 Å². The molecule has 170 valence electrons. The van der Waals surface area contributed by atoms with Gasteiger partial charge in [-0.1, -0.05) is 35.3 Å². The molecule has 0 saturated heterocycles. The van der Waals surface area contributed by atoms with E-state index in [0.717, 1.165) is 0 Å². The van der Waals surface area contributed by atoms with E-state index in [1.807, 2.05) is 0 Å². The zero-order valence-electron chi connectivity index (χ0n) is 17.3. The minimum atomic E-state index is -1.06. The molecule has 0 saturated carbocycles. The number of fused-ring (bicyclic) bond motifs is 1. The maximum Gasteiger partial charge on any atom is 0.337 e. The normalized spacial score (nSPS) is 10.3. The van der Waals surface area contributed by atoms with Gasteiger partial charge in [-0.05, 0) is 17.7 Å². The molecular formula is C21H17Cl2N5O5. The van der Waals surface area contributed by atoms with Crippen molar-refractivity contribution in [3.8, 4) is 22.6 Å². The molecule has 12 heteroatoms. The van der Waals surface area contributed by atoms with E-state index in [0.29, 0.717) is 43.6 Å². The van der Waals surface area contributed by atoms with Crippen molar-refractivity contribution in [3.05, 3.63) is 64.3 Å². The lowest BCUT2D eigenvalue weighted by Crippen LogP contribution is -2.12. The molecule has 4 rings (SSSR count). The first-order chi connectivity index (χ1) is 15.8. The minimum absolute atomic E-state index is 0.0880. The van der Waals surface area contributed by atoms with Crippen LogP contribution in [0.4, 0.5) is 0 Å². The van der Waals surface area contributed by atoms with Gasteiger partial charge < -0.3 is 20.3 Å². The van der Waals surface area contributed by atoms with Gasteiger partial charge >= 0.3 is 5.97 Å². The van der Waals surface area contributed by atoms with Crippen LogP contribution in [0.1, 0.15) is 21.0 Å². The Bertz CT molecular complexity index is 1300. The minimum Gasteiger partial charge on any atom is -0.495 e. The number of carbonyl (C=O) groups excluding carboxylic acids is 1. The van der Waals surface area contributed by atoms with Crippen molar-refractivity contribution in [1.29, 1.82) is 0 Å². The van der Waals surface area contributed by atoms with Crippen molar-refractivity contribution in [1.82, 2.24) is 20.2 Å². The summed E-state index contributed by atoms with van der Waals surface area (Å²) in [5.41, 5.74) is 6.37. The van der Waals surface area contributed by atoms with Crippen LogP contribution < -0.4 is 15.2 Å². The molecule has 0 atom stereocenters. The first-order valence-electron chi connectivity index (χ1n) is 9.16. The smallest absolute Gasteiger partial charge is 0.337 e. The number of amides is 1. The number of benzene rings is 2. The predicted molar refractivity (Wildman–Crippen MR) is 122 cm³/mol. The summed E-state index contributed by atoms with van der Waals surface area (Å²) in [6.07, 6.45) is 2.76. The SMILES string of the molecule is COc1cc(OC)c(Cl)c(-c2ccc(C(=O)O)c3ncccc23)c1Cl.NC(=O)c1ncn[nH]1. The topological polar surface area (TPSA) is 153 Å². The number of aromatic carboxylic acids is 1. The van der Waals surface area contributed by atoms with E-state index in [4.69, 9.17) is 38.4 Å². The van der Waals surface area contributed by atoms with Crippen LogP contribution in [0.25, 0.3) is 22.0 Å². The average Bonchev–Trinajstić information content (AvgIpc) is 3.35. The zero-order valence-corrected chi connectivity index (χ0v) is 18.8. The summed E-state index contributed by atoms with van der Waals surface area (Å²) < 4.78 is 10.6. The van der Waals surface area contributed by atoms with Gasteiger partial charge in [0.2, 0.25) is 5.82 Å². The fourth-order valence-electron chi connectivity index (χ4n) is 3.01. The third-order valence-electron chi connectivity index (χ3n) is 4.49. The quantitative estimate of drug-likeness (QED) is 0.382. The highest BCUT2D eigenvalue weighted by Gasteiger charge is 2.22. The lowest BCUT2D eigenvalue weighted by Gasteiger charge is -2.16. The number of halogens is 2. The van der Waals surface area contributed by atoms with Gasteiger partial charge in [-0.2, -0.15) is 5.10 Å². The number of nitrogens with two attached hydrogens (primary N) is 1. The zero-order chi connectivity index (χ0) is 24.1. The number of rotatable bonds is 5. The van der Waals surface area contributed by atoms with Crippen LogP contribution in [0, 0.1) is 0 Å². The Hall–Kier alpha value is -3.89. The van der Waals surface area contributed by atoms with Crippen LogP contribution in [0.3, 0.4) is 0 Å². The lowest BCUT2D eigenvalue weighted by molar-refractivity contribution is 0.0698. The van der Waals surface area contributed by atoms with Crippen LogP contribution >= 0.6 is 23.2 Å². The molecule has 4 aromatic rings. The van der Waals surface area contributed by atoms with Crippen LogP contribution in [0.2, 0.25) is 10.0 Å². The molecule has 0 spiro atoms. The number of primary amides is 1. The molecule has 0 fully saturated rings. The third kappa shape index (κ3) is 4.81. The Morgan fingerprint density at radius 3 is 2.21 bits per heavy atom. The van der Waals surface area contributed by atoms with Gasteiger partial charge in [-0.25, -0.2) is 9.78 Å². The monoisotopic (exact) mass is 489 g/mol. The van der Waals surface area contributed by atoms with E-state index in [1.165, 1.54) is 32.8 Å². The number of carbonyl (C=O) groups is 2. The molecule has 33 heavy (non-hydrogen) atoms. The molecule has 0 aliphatic carbocycles. The number of nitrogens with zero attached hydrogens (tertiary/aromatic N) is 3. The predicted octanol–water partition coefficient (Wildman–Crippen LogP) is 3.83. The molecule has 0 aliphatic heterocycles. The van der Waals surface area contributed by atoms with Crippen molar-refractivity contribution in [3.63, 3.8) is 0 Å². The molecule has 4 N–H and O–H groups in total. The van der Waals surface area contributed by atoms with Crippen LogP contribution in [-0.4, -0.2) is 51.4 Å². The summed E-state index contributed by atoms with van der Waals surface area (Å²) in [7, 11) is 2.98. The van der Waals surface area contributed by atoms with Gasteiger partial charge in [-0.15, -0.1) is 0 Å². The van der Waals surface area contributed by atoms with Gasteiger partial charge in [0.25, 0.3) is 5.91 Å². The second-order valence-corrected chi connectivity index (χ2v) is 7.10. The van der Waals surface area contributed by atoms with Crippen molar-refractivity contribution >= 4 is 46.0 Å². The maximum atomic E-state index is 11.5. The van der Waals surface area contributed by atoms with Crippen molar-refractivity contribution in [2.75, 3.05) is 14.2 Å². The van der Waals surface area contributed by atoms with Crippen molar-refractivity contribution in [2.45, 2.75) is 0 Å². The lowest BCUT2D eigenvalue weighted by atomic mass is 9.97. The Labute approximate surface area is 197 Å². The molecule has 2 aromatic carbocycles. The van der Waals surface area contributed by atoms with E-state index in [1.54, 1.807) is 24.3 Å². The highest BCUT2D eigenvalue weighted by Crippen LogP contribution is 2.47. The van der Waals surface area contributed by atoms with Crippen LogP contribution in [0.15, 0.2) is 42.9 Å². The van der Waals surface area contributed by atoms with Crippen LogP contribution in [0.5, 0.6) is 11.5 Å². The average molecular weight is 490 g/mol. The van der Waals surface area contributed by atoms with Gasteiger partial charge in [0.15, 0.2) is 0 Å². The molecule has 2 heterocycles. The van der Waals surface area contributed by atoms with Crippen molar-refractivity contribution in [2.24, 2.45) is 5.73 Å². The molecule has 2 aromatic heterocycles. The number of H-pyrrole nitrogens is 1. The summed E-state index contributed by atoms with van der Waals surface area (Å²) >= 11 is 13.0. The number of ether oxygens (including phenoxy) is 2. The summed E-state index contributed by atoms with van der Waals surface area (Å²) in [6, 6.07) is 8.21. The van der Waals surface area contributed by atoms with Crippen LogP contribution in [-0.2, 0) is 0 Å². The van der Waals surface area contributed by atoms with E-state index in [9.17, 15) is 14.7 Å². The number of methoxy groups -OCH3 is 2. The second kappa shape index (κ2) is 10.2. The largest absolute Gasteiger partial charge is 0.495 e. The van der Waals surface area contributed by atoms with E-state index >= 15 is 0 Å². The fraction of sp³-hybridized carbons (Fsp3) is 0.0952. The number of pyridine rings is 1. The van der Waals surface area contributed by atoms with Crippen molar-refractivity contribution < 1.29 is 24.2 Å². The Kier molecular flexibility index (Phi) is 7.31. The van der Waals surface area contributed by atoms with E-state index < -0.39 is 11.9 Å². The Morgan fingerprint density at radius 2 is 1.73 bits per heavy atom. The molecule has 10 nitrogen and oxygen atoms in total. The first-order valence-corrected chi connectivity index (χ1v) is 9.92. The maximum absolute atomic E-state index is 11.5. The standard InChI is InChI=1S/C18H13Cl2NO4.C3H4N4O/c1-24-12-8-13(25-2)16(20)14(15(12)19)9-5-6-11(18(22)23)17-10(9)4-3-7-21-17;4-2(8)3-5-1-6-7-3/h3-8H,1-2H3,(H,22,23);1H,(H2,4,8)(H,5,6,7). The highest BCUT2D eigenvalue weighted by molar-refractivity contribution is 6.41. The number of aromatic amines is 1. The number of nitrogens with one attached hydrogen (secondary N) is 1. The van der Waals surface area contributed by atoms with E-state index in [-0.39, 0.29) is 11.4 Å². The summed E-state index contributed by atoms with van der Waals surface area (Å²) in [5.74, 6) is -0.766. The molecule has 0 radical (unpaired) electrons. The third-order valence-corrected chi connectivity index (χ3v) is 5.24. The number of hydrogen-bond donors (Lipinski definition) is 3. The fourth-order valence-corrected chi connectivity index (χ4v) is 3.71. The molecule has 1 amide bonds. The van der Waals surface area contributed by atoms with Gasteiger partial charge in [0.05, 0.1) is 35.3 Å². The van der Waals surface area contributed by atoms with Gasteiger partial charge in [-0.3, -0.25) is 14.9 Å². The number of hydrogen-bond acceptors (Lipinski definition) is 7. The summed E-state index contributed by atoms with van der Waals surface area (Å²) in [5, 5.41) is 16.3. The number of carboxylic acids is 1. The molecular weight excluding hydrogens is 473 g/mol. The summed E-state index contributed by atoms with van der Waals surface area (Å²) in [6.45, 7) is 0. The Balaban J connectivity index is 0.000000323. The van der Waals surface area contributed by atoms with E-state index in [2.05, 4.69) is 20.2 Å².